The van der Waals surface area contributed by atoms with Crippen LogP contribution in [0.3, 0.4) is 0 Å². The van der Waals surface area contributed by atoms with Crippen LogP contribution in [0.4, 0.5) is 0 Å². The quantitative estimate of drug-likeness (QED) is 0.0364. The number of hydrogen-bond donors (Lipinski definition) is 0. The van der Waals surface area contributed by atoms with Crippen LogP contribution in [0, 0.1) is 5.92 Å². The number of carbonyl (C=O) groups excluding carboxylic acids is 2. The van der Waals surface area contributed by atoms with Gasteiger partial charge in [0.15, 0.2) is 0 Å². The fourth-order valence-electron chi connectivity index (χ4n) is 6.23. The van der Waals surface area contributed by atoms with E-state index in [0.29, 0.717) is 19.6 Å². The number of unbranched alkanes of at least 4 members (excludes halogenated alkanes) is 16. The van der Waals surface area contributed by atoms with Crippen LogP contribution >= 0.6 is 0 Å². The second-order valence-corrected chi connectivity index (χ2v) is 14.7. The maximum atomic E-state index is 12.9. The van der Waals surface area contributed by atoms with E-state index in [1.54, 1.807) is 0 Å². The monoisotopic (exact) mass is 714 g/mol. The van der Waals surface area contributed by atoms with Crippen molar-refractivity contribution in [2.24, 2.45) is 5.92 Å². The summed E-state index contributed by atoms with van der Waals surface area (Å²) in [5.74, 6) is -0.333. The highest BCUT2D eigenvalue weighted by molar-refractivity contribution is 5.72. The van der Waals surface area contributed by atoms with Gasteiger partial charge >= 0.3 is 11.9 Å². The first-order chi connectivity index (χ1) is 24.9. The second-order valence-electron chi connectivity index (χ2n) is 14.7. The SMILES string of the molecule is CCCCC/C=C\C/C=C\CCCCCCCCC(CCC(CCCCCC/C=C\C/C=C\CCCCC)C(=O)OCC)OC(=O)CCN(C)C. The maximum absolute atomic E-state index is 12.9. The Morgan fingerprint density at radius 3 is 1.45 bits per heavy atom. The van der Waals surface area contributed by atoms with Gasteiger partial charge in [-0.15, -0.1) is 0 Å². The summed E-state index contributed by atoms with van der Waals surface area (Å²) in [5.41, 5.74) is 0. The Bertz CT molecular complexity index is 890. The van der Waals surface area contributed by atoms with E-state index in [9.17, 15) is 9.59 Å². The summed E-state index contributed by atoms with van der Waals surface area (Å²) in [7, 11) is 3.95. The fraction of sp³-hybridized carbons (Fsp3) is 0.783. The Hall–Kier alpha value is -2.14. The van der Waals surface area contributed by atoms with E-state index in [1.807, 2.05) is 25.9 Å². The van der Waals surface area contributed by atoms with Crippen molar-refractivity contribution in [3.63, 3.8) is 0 Å². The van der Waals surface area contributed by atoms with Gasteiger partial charge in [0.05, 0.1) is 18.9 Å². The van der Waals surface area contributed by atoms with E-state index in [0.717, 1.165) is 70.6 Å². The molecule has 296 valence electrons. The molecule has 0 aromatic heterocycles. The molecule has 2 unspecified atom stereocenters. The average molecular weight is 714 g/mol. The molecule has 2 atom stereocenters. The van der Waals surface area contributed by atoms with Gasteiger partial charge in [-0.3, -0.25) is 9.59 Å². The second kappa shape index (κ2) is 39.1. The number of allylic oxidation sites excluding steroid dienone is 8. The zero-order valence-electron chi connectivity index (χ0n) is 34.4. The number of carbonyl (C=O) groups is 2. The smallest absolute Gasteiger partial charge is 0.308 e. The van der Waals surface area contributed by atoms with Gasteiger partial charge in [-0.05, 0) is 117 Å². The van der Waals surface area contributed by atoms with E-state index >= 15 is 0 Å². The minimum Gasteiger partial charge on any atom is -0.466 e. The molecule has 0 aromatic carbocycles. The van der Waals surface area contributed by atoms with Crippen LogP contribution in [-0.2, 0) is 19.1 Å². The third-order valence-electron chi connectivity index (χ3n) is 9.50. The Labute approximate surface area is 317 Å². The first-order valence-corrected chi connectivity index (χ1v) is 21.5. The molecule has 0 N–H and O–H groups in total. The minimum atomic E-state index is -0.126. The minimum absolute atomic E-state index is 0.0883. The Morgan fingerprint density at radius 2 is 0.980 bits per heavy atom. The molecule has 0 aliphatic rings. The van der Waals surface area contributed by atoms with E-state index < -0.39 is 0 Å². The average Bonchev–Trinajstić information content (AvgIpc) is 3.11. The zero-order valence-corrected chi connectivity index (χ0v) is 34.4. The molecule has 0 fully saturated rings. The molecule has 0 heterocycles. The number of ether oxygens (including phenoxy) is 2. The summed E-state index contributed by atoms with van der Waals surface area (Å²) < 4.78 is 11.5. The standard InChI is InChI=1S/C46H83NO4/c1-6-9-11-13-15-17-19-21-23-24-26-28-30-32-34-36-38-44(51-45(48)41-42-47(4)5)40-39-43(46(49)50-8-3)37-35-33-31-29-27-25-22-20-18-16-14-12-10-7-2/h15-18,21-23,25,43-44H,6-14,19-20,24,26-42H2,1-5H3/b17-15-,18-16-,23-21-,25-22-. The third-order valence-corrected chi connectivity index (χ3v) is 9.50. The van der Waals surface area contributed by atoms with Gasteiger partial charge in [0, 0.05) is 6.54 Å². The lowest BCUT2D eigenvalue weighted by atomic mass is 9.93. The molecule has 51 heavy (non-hydrogen) atoms. The summed E-state index contributed by atoms with van der Waals surface area (Å²) in [6.07, 6.45) is 48.4. The molecule has 0 saturated heterocycles. The lowest BCUT2D eigenvalue weighted by Crippen LogP contribution is -2.25. The molecule has 0 amide bonds. The molecule has 0 spiro atoms. The molecule has 0 bridgehead atoms. The maximum Gasteiger partial charge on any atom is 0.308 e. The van der Waals surface area contributed by atoms with Crippen LogP contribution in [0.15, 0.2) is 48.6 Å². The molecule has 0 aliphatic carbocycles. The van der Waals surface area contributed by atoms with E-state index in [-0.39, 0.29) is 24.0 Å². The van der Waals surface area contributed by atoms with Crippen LogP contribution in [0.2, 0.25) is 0 Å². The largest absolute Gasteiger partial charge is 0.466 e. The first kappa shape index (κ1) is 48.9. The Balaban J connectivity index is 4.52. The van der Waals surface area contributed by atoms with Gasteiger partial charge in [-0.1, -0.05) is 133 Å². The number of hydrogen-bond acceptors (Lipinski definition) is 5. The van der Waals surface area contributed by atoms with Crippen LogP contribution in [0.25, 0.3) is 0 Å². The van der Waals surface area contributed by atoms with Gasteiger partial charge in [-0.25, -0.2) is 0 Å². The predicted molar refractivity (Wildman–Crippen MR) is 221 cm³/mol. The lowest BCUT2D eigenvalue weighted by Gasteiger charge is -2.22. The van der Waals surface area contributed by atoms with E-state index in [4.69, 9.17) is 9.47 Å². The summed E-state index contributed by atoms with van der Waals surface area (Å²) in [5, 5.41) is 0. The van der Waals surface area contributed by atoms with Crippen molar-refractivity contribution in [1.82, 2.24) is 4.90 Å². The molecule has 5 heteroatoms. The lowest BCUT2D eigenvalue weighted by molar-refractivity contribution is -0.151. The summed E-state index contributed by atoms with van der Waals surface area (Å²) in [6.45, 7) is 7.48. The van der Waals surface area contributed by atoms with Crippen molar-refractivity contribution >= 4 is 11.9 Å². The van der Waals surface area contributed by atoms with Crippen molar-refractivity contribution in [3.8, 4) is 0 Å². The Morgan fingerprint density at radius 1 is 0.529 bits per heavy atom. The van der Waals surface area contributed by atoms with Crippen molar-refractivity contribution in [1.29, 1.82) is 0 Å². The topological polar surface area (TPSA) is 55.8 Å². The predicted octanol–water partition coefficient (Wildman–Crippen LogP) is 13.4. The fourth-order valence-corrected chi connectivity index (χ4v) is 6.23. The van der Waals surface area contributed by atoms with Gasteiger partial charge in [0.25, 0.3) is 0 Å². The molecule has 0 aliphatic heterocycles. The van der Waals surface area contributed by atoms with E-state index in [1.165, 1.54) is 96.3 Å². The summed E-state index contributed by atoms with van der Waals surface area (Å²) >= 11 is 0. The molecule has 0 rings (SSSR count). The summed E-state index contributed by atoms with van der Waals surface area (Å²) in [6, 6.07) is 0. The van der Waals surface area contributed by atoms with Crippen LogP contribution in [-0.4, -0.2) is 50.2 Å². The number of nitrogens with zero attached hydrogens (tertiary/aromatic N) is 1. The van der Waals surface area contributed by atoms with Crippen molar-refractivity contribution < 1.29 is 19.1 Å². The van der Waals surface area contributed by atoms with Crippen LogP contribution in [0.5, 0.6) is 0 Å². The van der Waals surface area contributed by atoms with Crippen LogP contribution in [0.1, 0.15) is 194 Å². The molecule has 5 nitrogen and oxygen atoms in total. The van der Waals surface area contributed by atoms with Crippen molar-refractivity contribution in [2.75, 3.05) is 27.2 Å². The normalized spacial score (nSPS) is 13.4. The summed E-state index contributed by atoms with van der Waals surface area (Å²) in [4.78, 5) is 27.6. The molecular weight excluding hydrogens is 631 g/mol. The van der Waals surface area contributed by atoms with Gasteiger partial charge in [-0.2, -0.15) is 0 Å². The highest BCUT2D eigenvalue weighted by atomic mass is 16.5. The van der Waals surface area contributed by atoms with Gasteiger partial charge < -0.3 is 14.4 Å². The van der Waals surface area contributed by atoms with E-state index in [2.05, 4.69) is 62.5 Å². The number of esters is 2. The molecular formula is C46H83NO4. The molecule has 0 aromatic rings. The first-order valence-electron chi connectivity index (χ1n) is 21.5. The highest BCUT2D eigenvalue weighted by Crippen LogP contribution is 2.23. The van der Waals surface area contributed by atoms with Gasteiger partial charge in [0.1, 0.15) is 6.10 Å². The number of rotatable bonds is 37. The highest BCUT2D eigenvalue weighted by Gasteiger charge is 2.23. The van der Waals surface area contributed by atoms with Crippen LogP contribution < -0.4 is 0 Å². The Kier molecular flexibility index (Phi) is 37.4. The van der Waals surface area contributed by atoms with Crippen molar-refractivity contribution in [2.45, 2.75) is 200 Å². The molecule has 0 saturated carbocycles. The zero-order chi connectivity index (χ0) is 37.5. The van der Waals surface area contributed by atoms with Gasteiger partial charge in [0.2, 0.25) is 0 Å². The van der Waals surface area contributed by atoms with Crippen molar-refractivity contribution in [3.05, 3.63) is 48.6 Å². The third kappa shape index (κ3) is 36.0. The molecule has 0 radical (unpaired) electrons.